The van der Waals surface area contributed by atoms with Crippen LogP contribution in [0.3, 0.4) is 0 Å². The summed E-state index contributed by atoms with van der Waals surface area (Å²) in [5.41, 5.74) is 1.73. The Hall–Kier alpha value is -2.28. The molecule has 0 bridgehead atoms. The zero-order valence-electron chi connectivity index (χ0n) is 16.0. The van der Waals surface area contributed by atoms with Gasteiger partial charge in [-0.2, -0.15) is 0 Å². The summed E-state index contributed by atoms with van der Waals surface area (Å²) in [6.07, 6.45) is 9.37. The lowest BCUT2D eigenvalue weighted by Crippen LogP contribution is -2.39. The molecule has 0 aromatic carbocycles. The molecule has 1 atom stereocenters. The van der Waals surface area contributed by atoms with Gasteiger partial charge in [0.2, 0.25) is 5.91 Å². The minimum atomic E-state index is 0.0718. The van der Waals surface area contributed by atoms with E-state index in [1.54, 1.807) is 35.9 Å². The van der Waals surface area contributed by atoms with Crippen molar-refractivity contribution in [3.05, 3.63) is 46.2 Å². The first-order chi connectivity index (χ1) is 13.7. The Bertz CT molecular complexity index is 819. The Morgan fingerprint density at radius 2 is 2.00 bits per heavy atom. The van der Waals surface area contributed by atoms with Crippen LogP contribution in [0.4, 0.5) is 0 Å². The molecule has 1 saturated heterocycles. The van der Waals surface area contributed by atoms with Gasteiger partial charge in [-0.25, -0.2) is 4.98 Å². The highest BCUT2D eigenvalue weighted by atomic mass is 32.1. The molecule has 6 nitrogen and oxygen atoms in total. The van der Waals surface area contributed by atoms with E-state index in [-0.39, 0.29) is 17.7 Å². The van der Waals surface area contributed by atoms with Crippen LogP contribution in [-0.2, 0) is 11.2 Å². The third-order valence-corrected chi connectivity index (χ3v) is 6.77. The third-order valence-electron chi connectivity index (χ3n) is 5.71. The summed E-state index contributed by atoms with van der Waals surface area (Å²) >= 11 is 1.67. The summed E-state index contributed by atoms with van der Waals surface area (Å²) in [6, 6.07) is 3.54. The zero-order valence-corrected chi connectivity index (χ0v) is 16.8. The van der Waals surface area contributed by atoms with E-state index in [1.165, 1.54) is 6.42 Å². The maximum absolute atomic E-state index is 12.7. The predicted molar refractivity (Wildman–Crippen MR) is 108 cm³/mol. The highest BCUT2D eigenvalue weighted by Gasteiger charge is 2.27. The molecule has 1 saturated carbocycles. The average molecular weight is 399 g/mol. The summed E-state index contributed by atoms with van der Waals surface area (Å²) < 4.78 is 0. The second kappa shape index (κ2) is 8.82. The number of amides is 2. The number of carbonyl (C=O) groups is 2. The van der Waals surface area contributed by atoms with Crippen molar-refractivity contribution in [2.24, 2.45) is 5.92 Å². The van der Waals surface area contributed by atoms with Crippen molar-refractivity contribution >= 4 is 23.2 Å². The number of nitrogens with one attached hydrogen (secondary N) is 1. The minimum absolute atomic E-state index is 0.0718. The Balaban J connectivity index is 1.30. The van der Waals surface area contributed by atoms with Gasteiger partial charge in [-0.3, -0.25) is 14.6 Å². The van der Waals surface area contributed by atoms with E-state index in [9.17, 15) is 9.59 Å². The van der Waals surface area contributed by atoms with Gasteiger partial charge < -0.3 is 10.2 Å². The summed E-state index contributed by atoms with van der Waals surface area (Å²) in [5, 5.41) is 6.23. The Kier molecular flexibility index (Phi) is 6.00. The quantitative estimate of drug-likeness (QED) is 0.812. The molecule has 28 heavy (non-hydrogen) atoms. The second-order valence-electron chi connectivity index (χ2n) is 7.67. The first-order valence-electron chi connectivity index (χ1n) is 10.1. The molecule has 4 rings (SSSR count). The second-order valence-corrected chi connectivity index (χ2v) is 8.56. The largest absolute Gasteiger partial charge is 0.355 e. The van der Waals surface area contributed by atoms with Crippen LogP contribution in [0.25, 0.3) is 0 Å². The number of thiazole rings is 1. The van der Waals surface area contributed by atoms with Gasteiger partial charge >= 0.3 is 0 Å². The van der Waals surface area contributed by atoms with Crippen LogP contribution in [0, 0.1) is 5.92 Å². The number of likely N-dealkylation sites (tertiary alicyclic amines) is 1. The molecule has 0 spiro atoms. The summed E-state index contributed by atoms with van der Waals surface area (Å²) in [7, 11) is 0. The summed E-state index contributed by atoms with van der Waals surface area (Å²) in [4.78, 5) is 35.3. The molecular formula is C21H26N4O2S. The maximum Gasteiger partial charge on any atom is 0.253 e. The lowest BCUT2D eigenvalue weighted by molar-refractivity contribution is -0.127. The van der Waals surface area contributed by atoms with Crippen molar-refractivity contribution < 1.29 is 9.59 Å². The number of carbonyl (C=O) groups excluding carboxylic acids is 2. The van der Waals surface area contributed by atoms with Crippen molar-refractivity contribution in [1.29, 1.82) is 0 Å². The Morgan fingerprint density at radius 3 is 2.75 bits per heavy atom. The molecule has 0 radical (unpaired) electrons. The minimum Gasteiger partial charge on any atom is -0.355 e. The molecule has 7 heteroatoms. The van der Waals surface area contributed by atoms with Crippen LogP contribution in [0.1, 0.15) is 59.1 Å². The summed E-state index contributed by atoms with van der Waals surface area (Å²) in [6.45, 7) is 2.16. The van der Waals surface area contributed by atoms with Gasteiger partial charge in [-0.05, 0) is 37.8 Å². The topological polar surface area (TPSA) is 75.2 Å². The molecule has 2 aromatic rings. The molecule has 2 aliphatic rings. The number of aromatic nitrogens is 2. The zero-order chi connectivity index (χ0) is 19.3. The lowest BCUT2D eigenvalue weighted by atomic mass is 9.85. The van der Waals surface area contributed by atoms with Gasteiger partial charge in [0, 0.05) is 61.2 Å². The van der Waals surface area contributed by atoms with E-state index in [0.29, 0.717) is 24.6 Å². The molecule has 148 valence electrons. The number of hydrogen-bond acceptors (Lipinski definition) is 5. The fourth-order valence-corrected chi connectivity index (χ4v) is 4.78. The van der Waals surface area contributed by atoms with E-state index in [0.717, 1.165) is 49.4 Å². The van der Waals surface area contributed by atoms with E-state index in [4.69, 9.17) is 4.98 Å². The number of piperidine rings is 1. The van der Waals surface area contributed by atoms with E-state index in [2.05, 4.69) is 15.7 Å². The van der Waals surface area contributed by atoms with E-state index in [1.807, 2.05) is 4.90 Å². The molecule has 1 aliphatic carbocycles. The lowest BCUT2D eigenvalue weighted by Gasteiger charge is -2.31. The Labute approximate surface area is 169 Å². The first kappa shape index (κ1) is 19.1. The average Bonchev–Trinajstić information content (AvgIpc) is 3.16. The van der Waals surface area contributed by atoms with Crippen LogP contribution >= 0.6 is 11.3 Å². The third kappa shape index (κ3) is 4.41. The van der Waals surface area contributed by atoms with Crippen LogP contribution in [0.5, 0.6) is 0 Å². The smallest absolute Gasteiger partial charge is 0.253 e. The van der Waals surface area contributed by atoms with Gasteiger partial charge in [0.05, 0.1) is 10.7 Å². The van der Waals surface area contributed by atoms with E-state index >= 15 is 0 Å². The van der Waals surface area contributed by atoms with Gasteiger partial charge in [0.25, 0.3) is 5.91 Å². The van der Waals surface area contributed by atoms with Crippen LogP contribution in [-0.4, -0.2) is 46.3 Å². The van der Waals surface area contributed by atoms with Crippen molar-refractivity contribution in [3.8, 4) is 0 Å². The standard InChI is InChI=1S/C21H26N4O2S/c26-19(15-3-1-4-15)23-11-8-18-14-28-20(24-18)17-5-2-12-25(13-17)21(27)16-6-9-22-10-7-16/h6-7,9-10,14-15,17H,1-5,8,11-13H2,(H,23,26)/t17-/m1/s1. The normalized spacial score (nSPS) is 19.9. The molecule has 1 N–H and O–H groups in total. The van der Waals surface area contributed by atoms with Crippen LogP contribution < -0.4 is 5.32 Å². The number of pyridine rings is 1. The molecule has 1 aliphatic heterocycles. The molecule has 2 aromatic heterocycles. The molecule has 3 heterocycles. The van der Waals surface area contributed by atoms with Gasteiger partial charge in [-0.1, -0.05) is 6.42 Å². The highest BCUT2D eigenvalue weighted by Crippen LogP contribution is 2.30. The monoisotopic (exact) mass is 398 g/mol. The predicted octanol–water partition coefficient (Wildman–Crippen LogP) is 3.02. The summed E-state index contributed by atoms with van der Waals surface area (Å²) in [5.74, 6) is 0.793. The first-order valence-corrected chi connectivity index (χ1v) is 11.0. The van der Waals surface area contributed by atoms with Crippen molar-refractivity contribution in [2.45, 2.75) is 44.4 Å². The van der Waals surface area contributed by atoms with Gasteiger partial charge in [0.1, 0.15) is 0 Å². The van der Waals surface area contributed by atoms with Crippen molar-refractivity contribution in [3.63, 3.8) is 0 Å². The van der Waals surface area contributed by atoms with Gasteiger partial charge in [-0.15, -0.1) is 11.3 Å². The fourth-order valence-electron chi connectivity index (χ4n) is 3.79. The van der Waals surface area contributed by atoms with Crippen molar-refractivity contribution in [1.82, 2.24) is 20.2 Å². The molecular weight excluding hydrogens is 372 g/mol. The van der Waals surface area contributed by atoms with Crippen molar-refractivity contribution in [2.75, 3.05) is 19.6 Å². The SMILES string of the molecule is O=C(NCCc1csc([C@@H]2CCCN(C(=O)c3ccncc3)C2)n1)C1CCC1. The molecule has 0 unspecified atom stereocenters. The molecule has 2 amide bonds. The number of hydrogen-bond donors (Lipinski definition) is 1. The maximum atomic E-state index is 12.7. The van der Waals surface area contributed by atoms with Crippen LogP contribution in [0.15, 0.2) is 29.9 Å². The van der Waals surface area contributed by atoms with Gasteiger partial charge in [0.15, 0.2) is 0 Å². The fraction of sp³-hybridized carbons (Fsp3) is 0.524. The molecule has 2 fully saturated rings. The highest BCUT2D eigenvalue weighted by molar-refractivity contribution is 7.09. The Morgan fingerprint density at radius 1 is 1.18 bits per heavy atom. The number of rotatable bonds is 6. The van der Waals surface area contributed by atoms with Crippen LogP contribution in [0.2, 0.25) is 0 Å². The van der Waals surface area contributed by atoms with E-state index < -0.39 is 0 Å². The number of nitrogens with zero attached hydrogens (tertiary/aromatic N) is 3.